The van der Waals surface area contributed by atoms with Gasteiger partial charge in [-0.25, -0.2) is 0 Å². The van der Waals surface area contributed by atoms with Crippen LogP contribution in [0.4, 0.5) is 0 Å². The van der Waals surface area contributed by atoms with Gasteiger partial charge in [0.05, 0.1) is 3.79 Å². The average Bonchev–Trinajstić information content (AvgIpc) is 2.94. The molecule has 1 aromatic rings. The van der Waals surface area contributed by atoms with Crippen molar-refractivity contribution in [1.82, 2.24) is 5.32 Å². The van der Waals surface area contributed by atoms with E-state index in [4.69, 9.17) is 0 Å². The quantitative estimate of drug-likeness (QED) is 0.858. The summed E-state index contributed by atoms with van der Waals surface area (Å²) in [6, 6.07) is 3.15. The molecule has 1 fully saturated rings. The molecule has 1 aliphatic rings. The first-order valence-electron chi connectivity index (χ1n) is 5.99. The smallest absolute Gasteiger partial charge is 0.0730 e. The minimum Gasteiger partial charge on any atom is -0.314 e. The van der Waals surface area contributed by atoms with Crippen molar-refractivity contribution in [3.8, 4) is 0 Å². The Morgan fingerprint density at radius 2 is 2.19 bits per heavy atom. The van der Waals surface area contributed by atoms with Gasteiger partial charge in [0.25, 0.3) is 0 Å². The summed E-state index contributed by atoms with van der Waals surface area (Å²) in [4.78, 5) is 1.49. The Morgan fingerprint density at radius 3 is 2.69 bits per heavy atom. The molecular weight excluding hydrogens is 282 g/mol. The maximum Gasteiger partial charge on any atom is 0.0730 e. The standard InChI is InChI=1S/C13H20BrNS/c1-9-8-11(16-12(9)14)13(2,3)6-7-15-10-4-5-10/h8,10,15H,4-7H2,1-3H3. The van der Waals surface area contributed by atoms with Crippen LogP contribution in [0.2, 0.25) is 0 Å². The SMILES string of the molecule is Cc1cc(C(C)(C)CCNC2CC2)sc1Br. The molecule has 1 nitrogen and oxygen atoms in total. The van der Waals surface area contributed by atoms with Crippen LogP contribution in [-0.4, -0.2) is 12.6 Å². The zero-order chi connectivity index (χ0) is 11.8. The highest BCUT2D eigenvalue weighted by molar-refractivity contribution is 9.11. The van der Waals surface area contributed by atoms with E-state index >= 15 is 0 Å². The van der Waals surface area contributed by atoms with Crippen molar-refractivity contribution >= 4 is 27.3 Å². The van der Waals surface area contributed by atoms with Crippen LogP contribution in [0.1, 0.15) is 43.6 Å². The molecule has 2 rings (SSSR count). The fourth-order valence-electron chi connectivity index (χ4n) is 1.79. The Kier molecular flexibility index (Phi) is 3.77. The van der Waals surface area contributed by atoms with Gasteiger partial charge in [0.1, 0.15) is 0 Å². The van der Waals surface area contributed by atoms with E-state index in [0.29, 0.717) is 5.41 Å². The van der Waals surface area contributed by atoms with Crippen molar-refractivity contribution in [1.29, 1.82) is 0 Å². The molecule has 0 amide bonds. The molecule has 1 aromatic heterocycles. The summed E-state index contributed by atoms with van der Waals surface area (Å²) < 4.78 is 1.28. The Labute approximate surface area is 111 Å². The number of halogens is 1. The van der Waals surface area contributed by atoms with Crippen LogP contribution in [-0.2, 0) is 5.41 Å². The number of thiophene rings is 1. The van der Waals surface area contributed by atoms with Crippen LogP contribution >= 0.6 is 27.3 Å². The van der Waals surface area contributed by atoms with Crippen molar-refractivity contribution in [3.05, 3.63) is 20.3 Å². The van der Waals surface area contributed by atoms with Gasteiger partial charge in [-0.3, -0.25) is 0 Å². The molecule has 0 unspecified atom stereocenters. The zero-order valence-corrected chi connectivity index (χ0v) is 12.7. The molecule has 90 valence electrons. The first kappa shape index (κ1) is 12.6. The lowest BCUT2D eigenvalue weighted by molar-refractivity contribution is 0.463. The fourth-order valence-corrected chi connectivity index (χ4v) is 3.46. The zero-order valence-electron chi connectivity index (χ0n) is 10.3. The molecule has 0 bridgehead atoms. The van der Waals surface area contributed by atoms with E-state index in [9.17, 15) is 0 Å². The Bertz CT molecular complexity index is 347. The number of aryl methyl sites for hydroxylation is 1. The third kappa shape index (κ3) is 3.08. The van der Waals surface area contributed by atoms with E-state index in [1.54, 1.807) is 0 Å². The molecule has 1 heterocycles. The third-order valence-electron chi connectivity index (χ3n) is 3.28. The summed E-state index contributed by atoms with van der Waals surface area (Å²) in [5.41, 5.74) is 1.66. The van der Waals surface area contributed by atoms with Crippen molar-refractivity contribution in [3.63, 3.8) is 0 Å². The first-order valence-corrected chi connectivity index (χ1v) is 7.60. The van der Waals surface area contributed by atoms with Crippen molar-refractivity contribution in [2.45, 2.75) is 51.5 Å². The molecule has 0 aliphatic heterocycles. The lowest BCUT2D eigenvalue weighted by Gasteiger charge is -2.23. The van der Waals surface area contributed by atoms with Gasteiger partial charge >= 0.3 is 0 Å². The predicted octanol–water partition coefficient (Wildman–Crippen LogP) is 4.24. The number of hydrogen-bond donors (Lipinski definition) is 1. The molecule has 0 spiro atoms. The van der Waals surface area contributed by atoms with Gasteiger partial charge in [0, 0.05) is 16.3 Å². The van der Waals surface area contributed by atoms with Gasteiger partial charge in [-0.1, -0.05) is 13.8 Å². The summed E-state index contributed by atoms with van der Waals surface area (Å²) in [6.07, 6.45) is 3.98. The number of hydrogen-bond acceptors (Lipinski definition) is 2. The number of nitrogens with one attached hydrogen (secondary N) is 1. The van der Waals surface area contributed by atoms with Gasteiger partial charge in [0.2, 0.25) is 0 Å². The monoisotopic (exact) mass is 301 g/mol. The van der Waals surface area contributed by atoms with E-state index in [-0.39, 0.29) is 0 Å². The molecule has 0 saturated heterocycles. The van der Waals surface area contributed by atoms with E-state index < -0.39 is 0 Å². The fraction of sp³-hybridized carbons (Fsp3) is 0.692. The maximum absolute atomic E-state index is 3.61. The Hall–Kier alpha value is 0.140. The van der Waals surface area contributed by atoms with Gasteiger partial charge in [-0.05, 0) is 60.3 Å². The summed E-state index contributed by atoms with van der Waals surface area (Å²) in [5, 5.41) is 3.60. The summed E-state index contributed by atoms with van der Waals surface area (Å²) in [7, 11) is 0. The molecule has 0 atom stereocenters. The minimum atomic E-state index is 0.295. The van der Waals surface area contributed by atoms with E-state index in [2.05, 4.69) is 48.1 Å². The Balaban J connectivity index is 1.93. The highest BCUT2D eigenvalue weighted by Crippen LogP contribution is 2.37. The highest BCUT2D eigenvalue weighted by Gasteiger charge is 2.25. The molecule has 1 saturated carbocycles. The largest absolute Gasteiger partial charge is 0.314 e. The van der Waals surface area contributed by atoms with Gasteiger partial charge < -0.3 is 5.32 Å². The van der Waals surface area contributed by atoms with Crippen LogP contribution < -0.4 is 5.32 Å². The Morgan fingerprint density at radius 1 is 1.50 bits per heavy atom. The summed E-state index contributed by atoms with van der Waals surface area (Å²) >= 11 is 5.50. The van der Waals surface area contributed by atoms with E-state index in [1.165, 1.54) is 33.5 Å². The van der Waals surface area contributed by atoms with E-state index in [0.717, 1.165) is 12.6 Å². The van der Waals surface area contributed by atoms with Crippen LogP contribution in [0, 0.1) is 6.92 Å². The lowest BCUT2D eigenvalue weighted by atomic mass is 9.87. The predicted molar refractivity (Wildman–Crippen MR) is 75.4 cm³/mol. The summed E-state index contributed by atoms with van der Waals surface area (Å²) in [5.74, 6) is 0. The van der Waals surface area contributed by atoms with Crippen molar-refractivity contribution in [2.24, 2.45) is 0 Å². The van der Waals surface area contributed by atoms with Crippen molar-refractivity contribution in [2.75, 3.05) is 6.54 Å². The average molecular weight is 302 g/mol. The second-order valence-electron chi connectivity index (χ2n) is 5.43. The molecule has 3 heteroatoms. The van der Waals surface area contributed by atoms with Crippen LogP contribution in [0.5, 0.6) is 0 Å². The normalized spacial score (nSPS) is 16.8. The van der Waals surface area contributed by atoms with Gasteiger partial charge in [-0.2, -0.15) is 0 Å². The second kappa shape index (κ2) is 4.79. The van der Waals surface area contributed by atoms with Gasteiger partial charge in [0.15, 0.2) is 0 Å². The van der Waals surface area contributed by atoms with E-state index in [1.807, 2.05) is 11.3 Å². The minimum absolute atomic E-state index is 0.295. The molecule has 16 heavy (non-hydrogen) atoms. The maximum atomic E-state index is 3.61. The van der Waals surface area contributed by atoms with Crippen LogP contribution in [0.3, 0.4) is 0 Å². The second-order valence-corrected chi connectivity index (χ2v) is 7.80. The van der Waals surface area contributed by atoms with Crippen LogP contribution in [0.25, 0.3) is 0 Å². The molecule has 1 N–H and O–H groups in total. The molecule has 1 aliphatic carbocycles. The molecule has 0 aromatic carbocycles. The number of rotatable bonds is 5. The lowest BCUT2D eigenvalue weighted by Crippen LogP contribution is -2.25. The first-order chi connectivity index (χ1) is 7.49. The molecular formula is C13H20BrNS. The topological polar surface area (TPSA) is 12.0 Å². The van der Waals surface area contributed by atoms with Gasteiger partial charge in [-0.15, -0.1) is 11.3 Å². The molecule has 0 radical (unpaired) electrons. The van der Waals surface area contributed by atoms with Crippen LogP contribution in [0.15, 0.2) is 9.85 Å². The summed E-state index contributed by atoms with van der Waals surface area (Å²) in [6.45, 7) is 8.01. The third-order valence-corrected chi connectivity index (χ3v) is 5.79. The van der Waals surface area contributed by atoms with Crippen molar-refractivity contribution < 1.29 is 0 Å². The highest BCUT2D eigenvalue weighted by atomic mass is 79.9.